The zero-order chi connectivity index (χ0) is 23.5. The largest absolute Gasteiger partial charge is 0.467 e. The average Bonchev–Trinajstić information content (AvgIpc) is 3.24. The van der Waals surface area contributed by atoms with Crippen molar-refractivity contribution in [3.63, 3.8) is 0 Å². The van der Waals surface area contributed by atoms with Crippen LogP contribution in [0.5, 0.6) is 5.88 Å². The number of nitrogen functional groups attached to an aromatic ring is 1. The maximum Gasteiger partial charge on any atom is 0.258 e. The number of aryl methyl sites for hydroxylation is 1. The van der Waals surface area contributed by atoms with E-state index in [1.54, 1.807) is 19.0 Å². The van der Waals surface area contributed by atoms with Crippen LogP contribution in [-0.2, 0) is 23.6 Å². The van der Waals surface area contributed by atoms with E-state index in [1.165, 1.54) is 29.1 Å². The van der Waals surface area contributed by atoms with Gasteiger partial charge in [0, 0.05) is 19.2 Å². The third kappa shape index (κ3) is 3.35. The molecule has 2 N–H and O–H groups in total. The van der Waals surface area contributed by atoms with Crippen LogP contribution < -0.4 is 14.9 Å². The van der Waals surface area contributed by atoms with E-state index in [0.717, 1.165) is 4.41 Å². The Bertz CT molecular complexity index is 1430. The van der Waals surface area contributed by atoms with E-state index in [4.69, 9.17) is 10.5 Å². The second-order valence-corrected chi connectivity index (χ2v) is 9.68. The van der Waals surface area contributed by atoms with Crippen LogP contribution in [0.25, 0.3) is 11.3 Å². The van der Waals surface area contributed by atoms with Crippen LogP contribution >= 0.6 is 0 Å². The van der Waals surface area contributed by atoms with Crippen molar-refractivity contribution >= 4 is 21.5 Å². The third-order valence-corrected chi connectivity index (χ3v) is 7.28. The molecule has 4 heterocycles. The lowest BCUT2D eigenvalue weighted by Gasteiger charge is -2.31. The highest BCUT2D eigenvalue weighted by Gasteiger charge is 2.39. The predicted octanol–water partition coefficient (Wildman–Crippen LogP) is 1.49. The number of fused-ring (bicyclic) bond motifs is 7. The van der Waals surface area contributed by atoms with Gasteiger partial charge in [0.05, 0.1) is 41.1 Å². The van der Waals surface area contributed by atoms with Crippen LogP contribution in [0.1, 0.15) is 30.0 Å². The summed E-state index contributed by atoms with van der Waals surface area (Å²) in [6, 6.07) is 5.93. The first kappa shape index (κ1) is 21.1. The molecule has 0 spiro atoms. The number of halogens is 1. The third-order valence-electron chi connectivity index (χ3n) is 5.63. The zero-order valence-corrected chi connectivity index (χ0v) is 18.5. The van der Waals surface area contributed by atoms with Crippen LogP contribution in [0, 0.1) is 17.1 Å². The Morgan fingerprint density at radius 2 is 2.15 bits per heavy atom. The van der Waals surface area contributed by atoms with Crippen molar-refractivity contribution in [2.45, 2.75) is 19.6 Å². The van der Waals surface area contributed by atoms with Crippen molar-refractivity contribution in [1.82, 2.24) is 24.8 Å². The Morgan fingerprint density at radius 3 is 2.91 bits per heavy atom. The van der Waals surface area contributed by atoms with Crippen molar-refractivity contribution < 1.29 is 17.5 Å². The number of nitriles is 1. The normalized spacial score (nSPS) is 19.3. The first-order chi connectivity index (χ1) is 15.7. The highest BCUT2D eigenvalue weighted by atomic mass is 32.2. The van der Waals surface area contributed by atoms with Crippen LogP contribution in [-0.4, -0.2) is 45.5 Å². The second-order valence-electron chi connectivity index (χ2n) is 7.76. The van der Waals surface area contributed by atoms with Crippen molar-refractivity contribution in [2.24, 2.45) is 7.05 Å². The highest BCUT2D eigenvalue weighted by molar-refractivity contribution is 7.93. The molecule has 2 aliphatic rings. The second kappa shape index (κ2) is 7.39. The molecule has 1 fully saturated rings. The lowest BCUT2D eigenvalue weighted by molar-refractivity contribution is 0.216. The van der Waals surface area contributed by atoms with E-state index < -0.39 is 21.9 Å². The van der Waals surface area contributed by atoms with Gasteiger partial charge >= 0.3 is 0 Å². The lowest BCUT2D eigenvalue weighted by atomic mass is 10.1. The maximum absolute atomic E-state index is 14.2. The predicted molar refractivity (Wildman–Crippen MR) is 115 cm³/mol. The van der Waals surface area contributed by atoms with Crippen LogP contribution in [0.15, 0.2) is 24.4 Å². The quantitative estimate of drug-likeness (QED) is 0.517. The molecular weight excluding hydrogens is 451 g/mol. The summed E-state index contributed by atoms with van der Waals surface area (Å²) in [6.45, 7) is 1.89. The molecule has 0 unspecified atom stereocenters. The molecule has 2 bridgehead atoms. The number of sulfonamides is 1. The van der Waals surface area contributed by atoms with E-state index in [2.05, 4.69) is 21.1 Å². The first-order valence-corrected chi connectivity index (χ1v) is 11.6. The summed E-state index contributed by atoms with van der Waals surface area (Å²) in [5.41, 5.74) is 7.91. The number of nitrogens with two attached hydrogens (primary N) is 1. The van der Waals surface area contributed by atoms with Crippen LogP contribution in [0.2, 0.25) is 0 Å². The van der Waals surface area contributed by atoms with Gasteiger partial charge in [-0.05, 0) is 25.1 Å². The van der Waals surface area contributed by atoms with Crippen LogP contribution in [0.4, 0.5) is 15.9 Å². The van der Waals surface area contributed by atoms with E-state index in [1.807, 2.05) is 0 Å². The van der Waals surface area contributed by atoms with Crippen LogP contribution in [0.3, 0.4) is 0 Å². The molecule has 1 saturated heterocycles. The van der Waals surface area contributed by atoms with Crippen molar-refractivity contribution in [3.8, 4) is 23.2 Å². The number of anilines is 2. The van der Waals surface area contributed by atoms with Gasteiger partial charge in [0.2, 0.25) is 10.0 Å². The van der Waals surface area contributed by atoms with Crippen molar-refractivity contribution in [1.29, 1.82) is 5.26 Å². The molecule has 1 atom stereocenters. The monoisotopic (exact) mass is 470 g/mol. The lowest BCUT2D eigenvalue weighted by Crippen LogP contribution is -2.39. The number of ether oxygens (including phenoxy) is 1. The van der Waals surface area contributed by atoms with Gasteiger partial charge in [-0.15, -0.1) is 0 Å². The van der Waals surface area contributed by atoms with Gasteiger partial charge in [0.1, 0.15) is 23.7 Å². The van der Waals surface area contributed by atoms with Gasteiger partial charge in [0.25, 0.3) is 5.88 Å². The number of nitrogens with zero attached hydrogens (tertiary/aromatic N) is 7. The number of benzene rings is 1. The summed E-state index contributed by atoms with van der Waals surface area (Å²) in [7, 11) is -2.12. The Kier molecular flexibility index (Phi) is 4.73. The fraction of sp³-hybridized carbons (Fsp3) is 0.300. The number of hydrogen-bond acceptors (Lipinski definition) is 9. The minimum Gasteiger partial charge on any atom is -0.467 e. The minimum absolute atomic E-state index is 0.0000176. The Hall–Kier alpha value is -3.76. The van der Waals surface area contributed by atoms with E-state index in [9.17, 15) is 18.1 Å². The summed E-state index contributed by atoms with van der Waals surface area (Å²) < 4.78 is 48.8. The molecule has 0 aliphatic carbocycles. The molecule has 1 aromatic carbocycles. The van der Waals surface area contributed by atoms with Gasteiger partial charge in [-0.1, -0.05) is 0 Å². The standard InChI is InChI=1S/C20H19FN8O3S/c1-11-13-7-12(21)3-4-16(13)29-28(5-6-33(29,30)31)10-15-18(17(8-22)27(2)26-15)14-9-24-19(23)20(25-14)32-11/h3-4,7,9,11H,5-6,10H2,1-2H3,(H2,23,24)/t11-/m1/s1. The molecule has 33 heavy (non-hydrogen) atoms. The topological polar surface area (TPSA) is 143 Å². The van der Waals surface area contributed by atoms with Crippen molar-refractivity contribution in [2.75, 3.05) is 22.4 Å². The smallest absolute Gasteiger partial charge is 0.258 e. The minimum atomic E-state index is -3.74. The zero-order valence-electron chi connectivity index (χ0n) is 17.7. The molecule has 11 nitrogen and oxygen atoms in total. The Balaban J connectivity index is 1.80. The van der Waals surface area contributed by atoms with E-state index in [0.29, 0.717) is 22.5 Å². The Labute approximate surface area is 188 Å². The van der Waals surface area contributed by atoms with E-state index >= 15 is 0 Å². The average molecular weight is 470 g/mol. The molecule has 0 radical (unpaired) electrons. The molecule has 0 saturated carbocycles. The molecule has 3 aromatic rings. The molecule has 2 aromatic heterocycles. The number of rotatable bonds is 0. The molecule has 13 heteroatoms. The SMILES string of the molecule is C[C@H]1Oc2nc(cnc2N)-c2c(nn(C)c2C#N)CN2CCS(=O)(=O)N2c2ccc(F)cc21. The first-order valence-electron chi connectivity index (χ1n) is 10.0. The van der Waals surface area contributed by atoms with E-state index in [-0.39, 0.29) is 41.9 Å². The van der Waals surface area contributed by atoms with Gasteiger partial charge in [-0.25, -0.2) is 22.8 Å². The summed E-state index contributed by atoms with van der Waals surface area (Å²) in [5.74, 6) is -0.694. The number of aromatic nitrogens is 4. The maximum atomic E-state index is 14.2. The van der Waals surface area contributed by atoms with Gasteiger partial charge in [-0.2, -0.15) is 19.8 Å². The number of hydrogen-bond donors (Lipinski definition) is 1. The fourth-order valence-corrected chi connectivity index (χ4v) is 5.70. The molecule has 5 rings (SSSR count). The van der Waals surface area contributed by atoms with Gasteiger partial charge in [-0.3, -0.25) is 4.68 Å². The summed E-state index contributed by atoms with van der Waals surface area (Å²) >= 11 is 0. The molecule has 2 aliphatic heterocycles. The van der Waals surface area contributed by atoms with Gasteiger partial charge < -0.3 is 10.5 Å². The highest BCUT2D eigenvalue weighted by Crippen LogP contribution is 2.38. The molecule has 170 valence electrons. The summed E-state index contributed by atoms with van der Waals surface area (Å²) in [5, 5.41) is 15.8. The fourth-order valence-electron chi connectivity index (χ4n) is 4.12. The number of hydrazine groups is 1. The summed E-state index contributed by atoms with van der Waals surface area (Å²) in [4.78, 5) is 8.63. The van der Waals surface area contributed by atoms with Crippen molar-refractivity contribution in [3.05, 3.63) is 47.2 Å². The van der Waals surface area contributed by atoms with Gasteiger partial charge in [0.15, 0.2) is 5.82 Å². The Morgan fingerprint density at radius 1 is 1.36 bits per heavy atom. The summed E-state index contributed by atoms with van der Waals surface area (Å²) in [6.07, 6.45) is 0.593. The molecular formula is C20H19FN8O3S. The molecule has 0 amide bonds.